The van der Waals surface area contributed by atoms with Crippen LogP contribution in [0.1, 0.15) is 0 Å². The first kappa shape index (κ1) is 18.6. The molecule has 0 saturated carbocycles. The van der Waals surface area contributed by atoms with Gasteiger partial charge in [0, 0.05) is 0 Å². The number of hydrogen-bond acceptors (Lipinski definition) is 7. The van der Waals surface area contributed by atoms with E-state index in [0.29, 0.717) is 12.5 Å². The zero-order valence-corrected chi connectivity index (χ0v) is 11.6. The lowest BCUT2D eigenvalue weighted by molar-refractivity contribution is -0.190. The maximum atomic E-state index is 11.9. The fourth-order valence-corrected chi connectivity index (χ4v) is 1.55. The molecule has 0 spiro atoms. The van der Waals surface area contributed by atoms with Gasteiger partial charge in [-0.1, -0.05) is 0 Å². The van der Waals surface area contributed by atoms with Crippen LogP contribution in [0.3, 0.4) is 0 Å². The summed E-state index contributed by atoms with van der Waals surface area (Å²) in [5.74, 6) is 0. The van der Waals surface area contributed by atoms with Crippen molar-refractivity contribution < 1.29 is 43.1 Å². The second-order valence-electron chi connectivity index (χ2n) is 3.53. The predicted octanol–water partition coefficient (Wildman–Crippen LogP) is -0.114. The third-order valence-electron chi connectivity index (χ3n) is 1.42. The molecule has 0 N–H and O–H groups in total. The molecule has 0 aliphatic heterocycles. The zero-order valence-electron chi connectivity index (χ0n) is 10.0. The minimum atomic E-state index is -4.64. The molecule has 0 radical (unpaired) electrons. The predicted molar refractivity (Wildman–Crippen MR) is 57.4 cm³/mol. The minimum absolute atomic E-state index is 0.686. The van der Waals surface area contributed by atoms with Crippen molar-refractivity contribution >= 4 is 20.2 Å². The van der Waals surface area contributed by atoms with Gasteiger partial charge in [-0.2, -0.15) is 30.0 Å². The van der Waals surface area contributed by atoms with Crippen molar-refractivity contribution in [2.45, 2.75) is 12.3 Å². The molecular weight excluding hydrogens is 317 g/mol. The van der Waals surface area contributed by atoms with Gasteiger partial charge in [0.05, 0.1) is 25.7 Å². The van der Waals surface area contributed by atoms with Crippen molar-refractivity contribution in [3.05, 3.63) is 0 Å². The smallest absolute Gasteiger partial charge is 0.364 e. The highest BCUT2D eigenvalue weighted by Crippen LogP contribution is 2.16. The molecular formula is C7H13F3O7S2. The summed E-state index contributed by atoms with van der Waals surface area (Å²) in [5.41, 5.74) is 0. The minimum Gasteiger partial charge on any atom is -0.364 e. The summed E-state index contributed by atoms with van der Waals surface area (Å²) in [5, 5.41) is 0. The fraction of sp³-hybridized carbons (Fsp3) is 1.00. The summed E-state index contributed by atoms with van der Waals surface area (Å²) in [6.45, 7) is -3.26. The van der Waals surface area contributed by atoms with Gasteiger partial charge in [0.15, 0.2) is 0 Å². The Labute approximate surface area is 108 Å². The van der Waals surface area contributed by atoms with Gasteiger partial charge >= 0.3 is 6.18 Å². The van der Waals surface area contributed by atoms with Crippen LogP contribution in [0.25, 0.3) is 0 Å². The second kappa shape index (κ2) is 6.83. The SMILES string of the molecule is CS(=O)(=O)OCC(COS(C)(=O)=O)OCC(F)(F)F. The van der Waals surface area contributed by atoms with Crippen LogP contribution in [0.15, 0.2) is 0 Å². The average molecular weight is 330 g/mol. The Morgan fingerprint density at radius 1 is 0.947 bits per heavy atom. The molecule has 0 aromatic carbocycles. The van der Waals surface area contributed by atoms with Crippen LogP contribution in [-0.4, -0.2) is 61.4 Å². The van der Waals surface area contributed by atoms with Crippen LogP contribution >= 0.6 is 0 Å². The van der Waals surface area contributed by atoms with E-state index < -0.39 is 52.3 Å². The molecule has 7 nitrogen and oxygen atoms in total. The van der Waals surface area contributed by atoms with E-state index in [4.69, 9.17) is 0 Å². The van der Waals surface area contributed by atoms with Crippen molar-refractivity contribution in [2.24, 2.45) is 0 Å². The second-order valence-corrected chi connectivity index (χ2v) is 6.81. The largest absolute Gasteiger partial charge is 0.411 e. The van der Waals surface area contributed by atoms with Crippen molar-refractivity contribution in [3.8, 4) is 0 Å². The van der Waals surface area contributed by atoms with Gasteiger partial charge in [0.1, 0.15) is 12.7 Å². The molecule has 0 heterocycles. The molecule has 0 aromatic heterocycles. The molecule has 0 aliphatic rings. The maximum absolute atomic E-state index is 11.9. The topological polar surface area (TPSA) is 96.0 Å². The molecule has 0 aromatic rings. The maximum Gasteiger partial charge on any atom is 0.411 e. The van der Waals surface area contributed by atoms with E-state index in [9.17, 15) is 30.0 Å². The highest BCUT2D eigenvalue weighted by Gasteiger charge is 2.30. The Hall–Kier alpha value is -0.430. The molecule has 0 saturated heterocycles. The van der Waals surface area contributed by atoms with Crippen LogP contribution in [0.5, 0.6) is 0 Å². The van der Waals surface area contributed by atoms with Crippen LogP contribution in [-0.2, 0) is 33.3 Å². The fourth-order valence-electron chi connectivity index (χ4n) is 0.756. The molecule has 19 heavy (non-hydrogen) atoms. The highest BCUT2D eigenvalue weighted by atomic mass is 32.2. The Balaban J connectivity index is 4.46. The van der Waals surface area contributed by atoms with Crippen LogP contribution in [0, 0.1) is 0 Å². The Kier molecular flexibility index (Phi) is 6.68. The zero-order chi connectivity index (χ0) is 15.3. The third-order valence-corrected chi connectivity index (χ3v) is 2.55. The number of hydrogen-bond donors (Lipinski definition) is 0. The van der Waals surface area contributed by atoms with Crippen molar-refractivity contribution in [2.75, 3.05) is 32.3 Å². The summed E-state index contributed by atoms with van der Waals surface area (Å²) in [7, 11) is -7.79. The molecule has 0 rings (SSSR count). The Morgan fingerprint density at radius 2 is 1.32 bits per heavy atom. The van der Waals surface area contributed by atoms with E-state index >= 15 is 0 Å². The van der Waals surface area contributed by atoms with Crippen LogP contribution in [0.4, 0.5) is 13.2 Å². The van der Waals surface area contributed by atoms with E-state index in [0.717, 1.165) is 0 Å². The van der Waals surface area contributed by atoms with Gasteiger partial charge in [-0.15, -0.1) is 0 Å². The quantitative estimate of drug-likeness (QED) is 0.573. The van der Waals surface area contributed by atoms with Gasteiger partial charge in [-0.25, -0.2) is 0 Å². The van der Waals surface area contributed by atoms with Crippen molar-refractivity contribution in [3.63, 3.8) is 0 Å². The van der Waals surface area contributed by atoms with E-state index in [1.54, 1.807) is 0 Å². The monoisotopic (exact) mass is 330 g/mol. The standard InChI is InChI=1S/C7H13F3O7S2/c1-18(11,12)16-3-6(4-17-19(2,13)14)15-5-7(8,9)10/h6H,3-5H2,1-2H3. The lowest BCUT2D eigenvalue weighted by Crippen LogP contribution is -2.32. The third kappa shape index (κ3) is 13.8. The summed E-state index contributed by atoms with van der Waals surface area (Å²) in [6.07, 6.45) is -4.77. The Morgan fingerprint density at radius 3 is 1.58 bits per heavy atom. The average Bonchev–Trinajstić information content (AvgIpc) is 2.11. The van der Waals surface area contributed by atoms with Gasteiger partial charge in [0.25, 0.3) is 20.2 Å². The van der Waals surface area contributed by atoms with Gasteiger partial charge in [-0.3, -0.25) is 8.37 Å². The van der Waals surface area contributed by atoms with Crippen LogP contribution < -0.4 is 0 Å². The van der Waals surface area contributed by atoms with E-state index in [-0.39, 0.29) is 0 Å². The normalized spacial score (nSPS) is 14.0. The lowest BCUT2D eigenvalue weighted by atomic mass is 10.4. The van der Waals surface area contributed by atoms with E-state index in [1.165, 1.54) is 0 Å². The Bertz CT molecular complexity index is 431. The van der Waals surface area contributed by atoms with Gasteiger partial charge in [0.2, 0.25) is 0 Å². The number of alkyl halides is 3. The van der Waals surface area contributed by atoms with Crippen molar-refractivity contribution in [1.29, 1.82) is 0 Å². The lowest BCUT2D eigenvalue weighted by Gasteiger charge is -2.17. The molecule has 116 valence electrons. The highest BCUT2D eigenvalue weighted by molar-refractivity contribution is 7.86. The number of rotatable bonds is 8. The van der Waals surface area contributed by atoms with Crippen molar-refractivity contribution in [1.82, 2.24) is 0 Å². The molecule has 0 bridgehead atoms. The first-order valence-electron chi connectivity index (χ1n) is 4.66. The summed E-state index contributed by atoms with van der Waals surface area (Å²) >= 11 is 0. The van der Waals surface area contributed by atoms with Crippen LogP contribution in [0.2, 0.25) is 0 Å². The molecule has 0 fully saturated rings. The summed E-state index contributed by atoms with van der Waals surface area (Å²) < 4.78 is 91.2. The molecule has 0 unspecified atom stereocenters. The number of halogens is 3. The van der Waals surface area contributed by atoms with E-state index in [1.807, 2.05) is 0 Å². The molecule has 0 amide bonds. The van der Waals surface area contributed by atoms with E-state index in [2.05, 4.69) is 13.1 Å². The summed E-state index contributed by atoms with van der Waals surface area (Å²) in [4.78, 5) is 0. The molecule has 0 atom stereocenters. The van der Waals surface area contributed by atoms with Gasteiger partial charge in [-0.05, 0) is 0 Å². The first-order chi connectivity index (χ1) is 8.29. The molecule has 12 heteroatoms. The number of ether oxygens (including phenoxy) is 1. The first-order valence-corrected chi connectivity index (χ1v) is 8.29. The van der Waals surface area contributed by atoms with Gasteiger partial charge < -0.3 is 4.74 Å². The molecule has 0 aliphatic carbocycles. The summed E-state index contributed by atoms with van der Waals surface area (Å²) in [6, 6.07) is 0.